The molecule has 3 aliphatic heterocycles. The van der Waals surface area contributed by atoms with Crippen molar-refractivity contribution < 1.29 is 9.18 Å². The van der Waals surface area contributed by atoms with Crippen molar-refractivity contribution >= 4 is 5.91 Å². The largest absolute Gasteiger partial charge is 0.352 e. The molecule has 0 aromatic heterocycles. The van der Waals surface area contributed by atoms with Crippen molar-refractivity contribution in [1.29, 1.82) is 0 Å². The van der Waals surface area contributed by atoms with E-state index in [2.05, 4.69) is 34.4 Å². The van der Waals surface area contributed by atoms with E-state index in [9.17, 15) is 9.18 Å². The van der Waals surface area contributed by atoms with E-state index in [1.165, 1.54) is 38.8 Å². The molecule has 9 atom stereocenters. The fraction of sp³-hybridized carbons (Fsp3) is 0.957. The van der Waals surface area contributed by atoms with Crippen molar-refractivity contribution in [2.24, 2.45) is 11.8 Å². The molecule has 5 nitrogen and oxygen atoms in total. The standard InChI is InChI=1S/C23H39FN4O/c1-14-6-9-20(24)19-11-21(26-22(14)19)23(29)25-15-4-3-5-16(10-15)28-17-7-8-18(28)13-27(2)12-17/h14-22,26H,3-13H2,1-2H3,(H,25,29). The molecule has 164 valence electrons. The third-order valence-corrected chi connectivity index (χ3v) is 8.79. The first-order valence-electron chi connectivity index (χ1n) is 12.2. The quantitative estimate of drug-likeness (QED) is 0.755. The highest BCUT2D eigenvalue weighted by Gasteiger charge is 2.47. The summed E-state index contributed by atoms with van der Waals surface area (Å²) in [5.41, 5.74) is 0. The van der Waals surface area contributed by atoms with Crippen molar-refractivity contribution in [1.82, 2.24) is 20.4 Å². The Balaban J connectivity index is 1.18. The molecular formula is C23H39FN4O. The molecule has 2 aliphatic carbocycles. The molecule has 5 aliphatic rings. The van der Waals surface area contributed by atoms with E-state index in [1.807, 2.05) is 0 Å². The van der Waals surface area contributed by atoms with Gasteiger partial charge in [0.25, 0.3) is 0 Å². The number of hydrogen-bond acceptors (Lipinski definition) is 4. The van der Waals surface area contributed by atoms with Gasteiger partial charge in [-0.15, -0.1) is 0 Å². The number of rotatable bonds is 3. The SMILES string of the molecule is CC1CCC(F)C2CC(C(=O)NC3CCCC(N4C5CCC4CN(C)C5)C3)NC12. The lowest BCUT2D eigenvalue weighted by Crippen LogP contribution is -2.58. The molecule has 5 rings (SSSR count). The summed E-state index contributed by atoms with van der Waals surface area (Å²) >= 11 is 0. The summed E-state index contributed by atoms with van der Waals surface area (Å²) in [5, 5.41) is 6.87. The van der Waals surface area contributed by atoms with E-state index in [1.54, 1.807) is 0 Å². The van der Waals surface area contributed by atoms with Crippen molar-refractivity contribution in [3.05, 3.63) is 0 Å². The molecule has 3 saturated heterocycles. The molecule has 0 aromatic carbocycles. The lowest BCUT2D eigenvalue weighted by Gasteiger charge is -2.46. The number of amides is 1. The number of hydrogen-bond donors (Lipinski definition) is 2. The van der Waals surface area contributed by atoms with Crippen LogP contribution in [0.4, 0.5) is 4.39 Å². The van der Waals surface area contributed by atoms with Crippen LogP contribution in [0.2, 0.25) is 0 Å². The zero-order chi connectivity index (χ0) is 20.1. The number of piperazine rings is 1. The van der Waals surface area contributed by atoms with Crippen LogP contribution in [0.25, 0.3) is 0 Å². The third kappa shape index (κ3) is 3.85. The normalized spacial score (nSPS) is 48.4. The molecule has 0 radical (unpaired) electrons. The Morgan fingerprint density at radius 2 is 1.76 bits per heavy atom. The van der Waals surface area contributed by atoms with Gasteiger partial charge in [0.1, 0.15) is 6.17 Å². The van der Waals surface area contributed by atoms with Crippen LogP contribution >= 0.6 is 0 Å². The summed E-state index contributed by atoms with van der Waals surface area (Å²) in [4.78, 5) is 18.3. The number of nitrogens with one attached hydrogen (secondary N) is 2. The van der Waals surface area contributed by atoms with E-state index in [-0.39, 0.29) is 30.0 Å². The van der Waals surface area contributed by atoms with Gasteiger partial charge in [0.2, 0.25) is 5.91 Å². The monoisotopic (exact) mass is 406 g/mol. The van der Waals surface area contributed by atoms with Gasteiger partial charge in [-0.2, -0.15) is 0 Å². The number of halogens is 1. The van der Waals surface area contributed by atoms with Crippen LogP contribution < -0.4 is 10.6 Å². The maximum Gasteiger partial charge on any atom is 0.237 e. The van der Waals surface area contributed by atoms with Gasteiger partial charge in [-0.25, -0.2) is 4.39 Å². The number of alkyl halides is 1. The molecule has 29 heavy (non-hydrogen) atoms. The molecule has 9 unspecified atom stereocenters. The van der Waals surface area contributed by atoms with Crippen LogP contribution in [0.3, 0.4) is 0 Å². The maximum absolute atomic E-state index is 14.4. The second-order valence-corrected chi connectivity index (χ2v) is 10.8. The minimum atomic E-state index is -0.742. The molecule has 0 aromatic rings. The molecule has 2 N–H and O–H groups in total. The number of nitrogens with zero attached hydrogens (tertiary/aromatic N) is 2. The summed E-state index contributed by atoms with van der Waals surface area (Å²) in [5.74, 6) is 0.608. The Hall–Kier alpha value is -0.720. The summed E-state index contributed by atoms with van der Waals surface area (Å²) in [6.07, 6.45) is 8.84. The Kier molecular flexibility index (Phi) is 5.63. The van der Waals surface area contributed by atoms with Crippen LogP contribution in [-0.2, 0) is 4.79 Å². The van der Waals surface area contributed by atoms with E-state index in [0.717, 1.165) is 19.3 Å². The van der Waals surface area contributed by atoms with Crippen molar-refractivity contribution in [3.63, 3.8) is 0 Å². The first-order valence-corrected chi connectivity index (χ1v) is 12.2. The second kappa shape index (κ2) is 8.08. The first kappa shape index (κ1) is 20.2. The smallest absolute Gasteiger partial charge is 0.237 e. The molecule has 3 heterocycles. The van der Waals surface area contributed by atoms with Gasteiger partial charge < -0.3 is 15.5 Å². The average molecular weight is 407 g/mol. The van der Waals surface area contributed by atoms with Crippen LogP contribution in [0.5, 0.6) is 0 Å². The molecule has 5 fully saturated rings. The third-order valence-electron chi connectivity index (χ3n) is 8.79. The molecule has 6 heteroatoms. The van der Waals surface area contributed by atoms with E-state index in [4.69, 9.17) is 0 Å². The molecule has 0 spiro atoms. The maximum atomic E-state index is 14.4. The molecule has 1 amide bonds. The number of likely N-dealkylation sites (tertiary alicyclic amines) is 1. The predicted octanol–water partition coefficient (Wildman–Crippen LogP) is 2.31. The molecule has 2 saturated carbocycles. The highest BCUT2D eigenvalue weighted by Crippen LogP contribution is 2.39. The van der Waals surface area contributed by atoms with Gasteiger partial charge in [0, 0.05) is 49.2 Å². The fourth-order valence-corrected chi connectivity index (χ4v) is 7.41. The zero-order valence-electron chi connectivity index (χ0n) is 18.2. The zero-order valence-corrected chi connectivity index (χ0v) is 18.2. The lowest BCUT2D eigenvalue weighted by atomic mass is 9.77. The van der Waals surface area contributed by atoms with E-state index < -0.39 is 6.17 Å². The summed E-state index contributed by atoms with van der Waals surface area (Å²) < 4.78 is 14.4. The Morgan fingerprint density at radius 1 is 1.00 bits per heavy atom. The van der Waals surface area contributed by atoms with Crippen molar-refractivity contribution in [2.75, 3.05) is 20.1 Å². The van der Waals surface area contributed by atoms with Gasteiger partial charge in [-0.3, -0.25) is 9.69 Å². The van der Waals surface area contributed by atoms with Crippen LogP contribution in [-0.4, -0.2) is 78.3 Å². The first-order chi connectivity index (χ1) is 14.0. The molecule has 2 bridgehead atoms. The minimum absolute atomic E-state index is 0.0227. The number of fused-ring (bicyclic) bond motifs is 3. The van der Waals surface area contributed by atoms with E-state index in [0.29, 0.717) is 36.9 Å². The highest BCUT2D eigenvalue weighted by atomic mass is 19.1. The van der Waals surface area contributed by atoms with Crippen LogP contribution in [0.1, 0.15) is 64.7 Å². The Morgan fingerprint density at radius 3 is 2.48 bits per heavy atom. The number of likely N-dealkylation sites (N-methyl/N-ethyl adjacent to an activating group) is 1. The van der Waals surface area contributed by atoms with Gasteiger partial charge in [-0.05, 0) is 70.8 Å². The molecular weight excluding hydrogens is 367 g/mol. The number of carbonyl (C=O) groups excluding carboxylic acids is 1. The van der Waals surface area contributed by atoms with E-state index >= 15 is 0 Å². The van der Waals surface area contributed by atoms with Crippen molar-refractivity contribution in [3.8, 4) is 0 Å². The highest BCUT2D eigenvalue weighted by molar-refractivity contribution is 5.82. The van der Waals surface area contributed by atoms with Gasteiger partial charge in [0.05, 0.1) is 6.04 Å². The van der Waals surface area contributed by atoms with Gasteiger partial charge in [-0.1, -0.05) is 6.92 Å². The van der Waals surface area contributed by atoms with Gasteiger partial charge >= 0.3 is 0 Å². The minimum Gasteiger partial charge on any atom is -0.352 e. The fourth-order valence-electron chi connectivity index (χ4n) is 7.41. The lowest BCUT2D eigenvalue weighted by molar-refractivity contribution is -0.124. The Bertz CT molecular complexity index is 586. The Labute approximate surface area is 175 Å². The average Bonchev–Trinajstić information content (AvgIpc) is 3.26. The predicted molar refractivity (Wildman–Crippen MR) is 112 cm³/mol. The summed E-state index contributed by atoms with van der Waals surface area (Å²) in [6, 6.07) is 2.29. The topological polar surface area (TPSA) is 47.6 Å². The number of carbonyl (C=O) groups is 1. The summed E-state index contributed by atoms with van der Waals surface area (Å²) in [6.45, 7) is 4.59. The summed E-state index contributed by atoms with van der Waals surface area (Å²) in [7, 11) is 2.25. The second-order valence-electron chi connectivity index (χ2n) is 10.8. The van der Waals surface area contributed by atoms with Crippen LogP contribution in [0, 0.1) is 11.8 Å². The van der Waals surface area contributed by atoms with Crippen LogP contribution in [0.15, 0.2) is 0 Å². The van der Waals surface area contributed by atoms with Gasteiger partial charge in [0.15, 0.2) is 0 Å². The van der Waals surface area contributed by atoms with Crippen molar-refractivity contribution in [2.45, 2.75) is 107 Å².